The van der Waals surface area contributed by atoms with Crippen molar-refractivity contribution in [2.75, 3.05) is 41.3 Å². The first-order valence-electron chi connectivity index (χ1n) is 9.71. The van der Waals surface area contributed by atoms with E-state index in [4.69, 9.17) is 4.98 Å². The number of hydrogen-bond acceptors (Lipinski definition) is 7. The lowest BCUT2D eigenvalue weighted by atomic mass is 10.2. The van der Waals surface area contributed by atoms with Crippen LogP contribution in [0.15, 0.2) is 73.2 Å². The fraction of sp³-hybridized carbons (Fsp3) is 0.182. The highest BCUT2D eigenvalue weighted by Gasteiger charge is 2.19. The van der Waals surface area contributed by atoms with Gasteiger partial charge >= 0.3 is 0 Å². The molecule has 0 amide bonds. The molecule has 5 rings (SSSR count). The molecule has 29 heavy (non-hydrogen) atoms. The lowest BCUT2D eigenvalue weighted by Gasteiger charge is -2.36. The molecule has 7 nitrogen and oxygen atoms in total. The van der Waals surface area contributed by atoms with Gasteiger partial charge in [-0.2, -0.15) is 4.98 Å². The molecule has 1 aromatic carbocycles. The van der Waals surface area contributed by atoms with Gasteiger partial charge in [-0.3, -0.25) is 4.98 Å². The quantitative estimate of drug-likeness (QED) is 0.578. The Balaban J connectivity index is 1.32. The summed E-state index contributed by atoms with van der Waals surface area (Å²) in [5.41, 5.74) is 1.81. The topological polar surface area (TPSA) is 70.1 Å². The zero-order valence-corrected chi connectivity index (χ0v) is 15.9. The second kappa shape index (κ2) is 7.71. The third-order valence-electron chi connectivity index (χ3n) is 5.10. The predicted molar refractivity (Wildman–Crippen MR) is 116 cm³/mol. The molecule has 0 unspecified atom stereocenters. The van der Waals surface area contributed by atoms with Crippen molar-refractivity contribution in [2.24, 2.45) is 0 Å². The van der Waals surface area contributed by atoms with E-state index in [1.807, 2.05) is 54.7 Å². The van der Waals surface area contributed by atoms with E-state index in [2.05, 4.69) is 36.1 Å². The Bertz CT molecular complexity index is 1100. The second-order valence-electron chi connectivity index (χ2n) is 6.91. The van der Waals surface area contributed by atoms with Crippen molar-refractivity contribution < 1.29 is 0 Å². The Hall–Kier alpha value is -3.74. The first-order chi connectivity index (χ1) is 14.4. The minimum atomic E-state index is 0.577. The lowest BCUT2D eigenvalue weighted by molar-refractivity contribution is 0.641. The van der Waals surface area contributed by atoms with Crippen molar-refractivity contribution in [1.29, 1.82) is 0 Å². The van der Waals surface area contributed by atoms with Crippen LogP contribution in [0.2, 0.25) is 0 Å². The van der Waals surface area contributed by atoms with Gasteiger partial charge < -0.3 is 15.1 Å². The smallest absolute Gasteiger partial charge is 0.229 e. The van der Waals surface area contributed by atoms with Crippen LogP contribution < -0.4 is 15.1 Å². The summed E-state index contributed by atoms with van der Waals surface area (Å²) in [6, 6.07) is 18.0. The Morgan fingerprint density at radius 3 is 2.28 bits per heavy atom. The number of rotatable bonds is 4. The Labute approximate surface area is 169 Å². The van der Waals surface area contributed by atoms with Gasteiger partial charge in [-0.25, -0.2) is 9.97 Å². The molecule has 0 bridgehead atoms. The van der Waals surface area contributed by atoms with Gasteiger partial charge in [0.25, 0.3) is 0 Å². The second-order valence-corrected chi connectivity index (χ2v) is 6.91. The fourth-order valence-corrected chi connectivity index (χ4v) is 3.62. The number of para-hydroxylation sites is 1. The third-order valence-corrected chi connectivity index (χ3v) is 5.10. The molecule has 1 fully saturated rings. The third kappa shape index (κ3) is 3.67. The van der Waals surface area contributed by atoms with E-state index in [1.54, 1.807) is 12.4 Å². The largest absolute Gasteiger partial charge is 0.353 e. The van der Waals surface area contributed by atoms with Gasteiger partial charge in [-0.15, -0.1) is 0 Å². The number of aromatic nitrogens is 4. The highest BCUT2D eigenvalue weighted by atomic mass is 15.3. The number of nitrogens with zero attached hydrogens (tertiary/aromatic N) is 6. The van der Waals surface area contributed by atoms with Crippen molar-refractivity contribution in [3.05, 3.63) is 73.2 Å². The van der Waals surface area contributed by atoms with E-state index in [-0.39, 0.29) is 0 Å². The molecule has 3 aromatic heterocycles. The van der Waals surface area contributed by atoms with Crippen LogP contribution in [0.25, 0.3) is 10.9 Å². The molecule has 0 aliphatic carbocycles. The maximum Gasteiger partial charge on any atom is 0.229 e. The van der Waals surface area contributed by atoms with E-state index in [0.717, 1.165) is 54.4 Å². The van der Waals surface area contributed by atoms with Crippen LogP contribution in [0.4, 0.5) is 23.3 Å². The van der Waals surface area contributed by atoms with Gasteiger partial charge in [-0.05, 0) is 30.3 Å². The first-order valence-corrected chi connectivity index (χ1v) is 9.71. The summed E-state index contributed by atoms with van der Waals surface area (Å²) in [6.45, 7) is 3.61. The first kappa shape index (κ1) is 17.4. The number of pyridine rings is 2. The number of hydrogen-bond donors (Lipinski definition) is 1. The van der Waals surface area contributed by atoms with E-state index < -0.39 is 0 Å². The maximum atomic E-state index is 4.74. The molecule has 1 aliphatic rings. The van der Waals surface area contributed by atoms with Crippen molar-refractivity contribution in [1.82, 2.24) is 19.9 Å². The average Bonchev–Trinajstić information content (AvgIpc) is 2.80. The van der Waals surface area contributed by atoms with E-state index in [9.17, 15) is 0 Å². The summed E-state index contributed by atoms with van der Waals surface area (Å²) < 4.78 is 0. The van der Waals surface area contributed by atoms with E-state index >= 15 is 0 Å². The van der Waals surface area contributed by atoms with Gasteiger partial charge in [-0.1, -0.05) is 24.3 Å². The molecule has 4 aromatic rings. The minimum absolute atomic E-state index is 0.577. The van der Waals surface area contributed by atoms with Gasteiger partial charge in [0.15, 0.2) is 0 Å². The summed E-state index contributed by atoms with van der Waals surface area (Å²) >= 11 is 0. The molecule has 0 radical (unpaired) electrons. The van der Waals surface area contributed by atoms with Crippen molar-refractivity contribution in [3.8, 4) is 0 Å². The molecule has 144 valence electrons. The summed E-state index contributed by atoms with van der Waals surface area (Å²) in [5.74, 6) is 2.53. The van der Waals surface area contributed by atoms with Crippen LogP contribution in [0, 0.1) is 0 Å². The van der Waals surface area contributed by atoms with Gasteiger partial charge in [0.1, 0.15) is 11.6 Å². The molecule has 0 spiro atoms. The SMILES string of the molecule is c1ccc(N2CCN(c3ccnc(Nc4cccc5cccnc45)n3)CC2)nc1. The summed E-state index contributed by atoms with van der Waals surface area (Å²) in [6.07, 6.45) is 5.44. The Kier molecular flexibility index (Phi) is 4.62. The molecule has 7 heteroatoms. The molecule has 0 atom stereocenters. The molecule has 1 N–H and O–H groups in total. The normalized spacial score (nSPS) is 14.2. The number of piperazine rings is 1. The zero-order chi connectivity index (χ0) is 19.5. The Morgan fingerprint density at radius 1 is 0.655 bits per heavy atom. The van der Waals surface area contributed by atoms with Crippen LogP contribution in [0.1, 0.15) is 0 Å². The number of nitrogens with one attached hydrogen (secondary N) is 1. The zero-order valence-electron chi connectivity index (χ0n) is 15.9. The van der Waals surface area contributed by atoms with Gasteiger partial charge in [0.2, 0.25) is 5.95 Å². The number of anilines is 4. The predicted octanol–water partition coefficient (Wildman–Crippen LogP) is 3.49. The van der Waals surface area contributed by atoms with Crippen LogP contribution in [-0.4, -0.2) is 46.1 Å². The van der Waals surface area contributed by atoms with Gasteiger partial charge in [0.05, 0.1) is 11.2 Å². The van der Waals surface area contributed by atoms with Crippen LogP contribution in [-0.2, 0) is 0 Å². The highest BCUT2D eigenvalue weighted by Crippen LogP contribution is 2.24. The van der Waals surface area contributed by atoms with Crippen molar-refractivity contribution in [2.45, 2.75) is 0 Å². The maximum absolute atomic E-state index is 4.74. The minimum Gasteiger partial charge on any atom is -0.353 e. The standard InChI is InChI=1S/C22H21N7/c1-2-10-23-19(8-1)28-13-15-29(16-14-28)20-9-12-25-22(27-20)26-18-7-3-5-17-6-4-11-24-21(17)18/h1-12H,13-16H2,(H,25,26,27). The monoisotopic (exact) mass is 383 g/mol. The van der Waals surface area contributed by atoms with Crippen LogP contribution in [0.5, 0.6) is 0 Å². The van der Waals surface area contributed by atoms with Gasteiger partial charge in [0, 0.05) is 50.2 Å². The van der Waals surface area contributed by atoms with Crippen LogP contribution in [0.3, 0.4) is 0 Å². The summed E-state index contributed by atoms with van der Waals surface area (Å²) in [4.78, 5) is 22.7. The van der Waals surface area contributed by atoms with Crippen molar-refractivity contribution in [3.63, 3.8) is 0 Å². The number of benzene rings is 1. The summed E-state index contributed by atoms with van der Waals surface area (Å²) in [5, 5.41) is 4.41. The average molecular weight is 383 g/mol. The summed E-state index contributed by atoms with van der Waals surface area (Å²) in [7, 11) is 0. The van der Waals surface area contributed by atoms with E-state index in [1.165, 1.54) is 0 Å². The van der Waals surface area contributed by atoms with Crippen molar-refractivity contribution >= 4 is 34.2 Å². The Morgan fingerprint density at radius 2 is 1.45 bits per heavy atom. The van der Waals surface area contributed by atoms with Crippen LogP contribution >= 0.6 is 0 Å². The molecule has 4 heterocycles. The fourth-order valence-electron chi connectivity index (χ4n) is 3.62. The molecular weight excluding hydrogens is 362 g/mol. The molecular formula is C22H21N7. The number of fused-ring (bicyclic) bond motifs is 1. The van der Waals surface area contributed by atoms with E-state index in [0.29, 0.717) is 5.95 Å². The molecule has 1 saturated heterocycles. The molecule has 1 aliphatic heterocycles. The molecule has 0 saturated carbocycles. The lowest BCUT2D eigenvalue weighted by Crippen LogP contribution is -2.47. The highest BCUT2D eigenvalue weighted by molar-refractivity contribution is 5.91.